The summed E-state index contributed by atoms with van der Waals surface area (Å²) in [6, 6.07) is 1.80. The van der Waals surface area contributed by atoms with Gasteiger partial charge in [0.25, 0.3) is 0 Å². The van der Waals surface area contributed by atoms with Crippen molar-refractivity contribution >= 4 is 44.7 Å². The summed E-state index contributed by atoms with van der Waals surface area (Å²) in [5.74, 6) is 1.22. The SMILES string of the molecule is CC(C)(C)C1CCC(C(=O)c2cc(Cl)c(Br)s2)CC1. The van der Waals surface area contributed by atoms with Crippen LogP contribution in [0, 0.1) is 17.3 Å². The van der Waals surface area contributed by atoms with Crippen LogP contribution >= 0.6 is 38.9 Å². The van der Waals surface area contributed by atoms with Crippen molar-refractivity contribution in [2.24, 2.45) is 17.3 Å². The molecule has 1 aliphatic rings. The highest BCUT2D eigenvalue weighted by molar-refractivity contribution is 9.11. The molecule has 2 rings (SSSR count). The third-order valence-corrected chi connectivity index (χ3v) is 6.70. The van der Waals surface area contributed by atoms with Crippen molar-refractivity contribution in [1.82, 2.24) is 0 Å². The topological polar surface area (TPSA) is 17.1 Å². The Bertz CT molecular complexity index is 447. The maximum absolute atomic E-state index is 12.5. The summed E-state index contributed by atoms with van der Waals surface area (Å²) in [6.07, 6.45) is 4.38. The van der Waals surface area contributed by atoms with Gasteiger partial charge in [-0.2, -0.15) is 0 Å². The molecule has 0 aromatic carbocycles. The van der Waals surface area contributed by atoms with Crippen LogP contribution in [0.25, 0.3) is 0 Å². The van der Waals surface area contributed by atoms with Crippen LogP contribution in [0.4, 0.5) is 0 Å². The van der Waals surface area contributed by atoms with Crippen molar-refractivity contribution in [3.8, 4) is 0 Å². The lowest BCUT2D eigenvalue weighted by molar-refractivity contribution is 0.0823. The Kier molecular flexibility index (Phi) is 4.79. The van der Waals surface area contributed by atoms with Crippen molar-refractivity contribution < 1.29 is 4.79 Å². The van der Waals surface area contributed by atoms with Crippen molar-refractivity contribution in [3.63, 3.8) is 0 Å². The van der Waals surface area contributed by atoms with Gasteiger partial charge in [-0.3, -0.25) is 4.79 Å². The minimum absolute atomic E-state index is 0.195. The first-order valence-electron chi connectivity index (χ1n) is 6.78. The second-order valence-corrected chi connectivity index (χ2v) is 9.29. The number of thiophene rings is 1. The molecule has 0 aliphatic heterocycles. The summed E-state index contributed by atoms with van der Waals surface area (Å²) in [4.78, 5) is 13.3. The van der Waals surface area contributed by atoms with Crippen molar-refractivity contribution in [2.45, 2.75) is 46.5 Å². The van der Waals surface area contributed by atoms with Crippen LogP contribution < -0.4 is 0 Å². The van der Waals surface area contributed by atoms with Gasteiger partial charge in [-0.15, -0.1) is 11.3 Å². The molecule has 106 valence electrons. The van der Waals surface area contributed by atoms with Gasteiger partial charge in [0.2, 0.25) is 0 Å². The number of halogens is 2. The van der Waals surface area contributed by atoms with Crippen molar-refractivity contribution in [2.75, 3.05) is 0 Å². The van der Waals surface area contributed by atoms with E-state index in [4.69, 9.17) is 11.6 Å². The third-order valence-electron chi connectivity index (χ3n) is 4.21. The van der Waals surface area contributed by atoms with E-state index >= 15 is 0 Å². The second kappa shape index (κ2) is 5.87. The van der Waals surface area contributed by atoms with E-state index in [9.17, 15) is 4.79 Å². The molecule has 0 radical (unpaired) electrons. The van der Waals surface area contributed by atoms with E-state index in [-0.39, 0.29) is 11.7 Å². The minimum Gasteiger partial charge on any atom is -0.293 e. The molecule has 1 fully saturated rings. The first-order valence-corrected chi connectivity index (χ1v) is 8.77. The van der Waals surface area contributed by atoms with Crippen LogP contribution in [0.1, 0.15) is 56.1 Å². The zero-order valence-corrected chi connectivity index (χ0v) is 14.8. The second-order valence-electron chi connectivity index (χ2n) is 6.51. The van der Waals surface area contributed by atoms with E-state index in [2.05, 4.69) is 36.7 Å². The lowest BCUT2D eigenvalue weighted by Crippen LogP contribution is -2.28. The van der Waals surface area contributed by atoms with Gasteiger partial charge in [-0.05, 0) is 59.0 Å². The molecule has 4 heteroatoms. The van der Waals surface area contributed by atoms with E-state index in [1.807, 2.05) is 0 Å². The highest BCUT2D eigenvalue weighted by atomic mass is 79.9. The molecule has 1 nitrogen and oxygen atoms in total. The van der Waals surface area contributed by atoms with Crippen LogP contribution in [0.3, 0.4) is 0 Å². The Hall–Kier alpha value is 0.140. The molecule has 0 N–H and O–H groups in total. The standard InChI is InChI=1S/C15H20BrClOS/c1-15(2,3)10-6-4-9(5-7-10)13(18)12-8-11(17)14(16)19-12/h8-10H,4-7H2,1-3H3. The number of Topliss-reactive ketones (excluding diaryl/α,β-unsaturated/α-hetero) is 1. The zero-order chi connectivity index (χ0) is 14.2. The van der Waals surface area contributed by atoms with E-state index in [1.54, 1.807) is 6.07 Å². The fourth-order valence-electron chi connectivity index (χ4n) is 2.89. The number of hydrogen-bond acceptors (Lipinski definition) is 2. The molecule has 0 unspecified atom stereocenters. The molecule has 1 aromatic rings. The molecule has 0 bridgehead atoms. The van der Waals surface area contributed by atoms with Crippen molar-refractivity contribution in [1.29, 1.82) is 0 Å². The van der Waals surface area contributed by atoms with Gasteiger partial charge in [-0.1, -0.05) is 32.4 Å². The van der Waals surface area contributed by atoms with E-state index < -0.39 is 0 Å². The lowest BCUT2D eigenvalue weighted by Gasteiger charge is -2.36. The fraction of sp³-hybridized carbons (Fsp3) is 0.667. The lowest BCUT2D eigenvalue weighted by atomic mass is 9.69. The highest BCUT2D eigenvalue weighted by Crippen LogP contribution is 2.42. The first-order chi connectivity index (χ1) is 8.79. The van der Waals surface area contributed by atoms with Gasteiger partial charge < -0.3 is 0 Å². The molecule has 1 aliphatic carbocycles. The van der Waals surface area contributed by atoms with Gasteiger partial charge in [0, 0.05) is 5.92 Å². The highest BCUT2D eigenvalue weighted by Gasteiger charge is 2.33. The maximum atomic E-state index is 12.5. The average molecular weight is 364 g/mol. The van der Waals surface area contributed by atoms with Gasteiger partial charge in [-0.25, -0.2) is 0 Å². The van der Waals surface area contributed by atoms with Crippen LogP contribution in [0.15, 0.2) is 9.85 Å². The molecule has 1 heterocycles. The number of carbonyl (C=O) groups excluding carboxylic acids is 1. The molecule has 0 atom stereocenters. The predicted molar refractivity (Wildman–Crippen MR) is 86.3 cm³/mol. The fourth-order valence-corrected chi connectivity index (χ4v) is 4.61. The summed E-state index contributed by atoms with van der Waals surface area (Å²) in [5, 5.41) is 0.650. The Labute approximate surface area is 132 Å². The average Bonchev–Trinajstić information content (AvgIpc) is 2.68. The van der Waals surface area contributed by atoms with Gasteiger partial charge in [0.1, 0.15) is 0 Å². The smallest absolute Gasteiger partial charge is 0.175 e. The molecule has 0 spiro atoms. The number of ketones is 1. The summed E-state index contributed by atoms with van der Waals surface area (Å²) >= 11 is 10.8. The Morgan fingerprint density at radius 2 is 1.89 bits per heavy atom. The zero-order valence-electron chi connectivity index (χ0n) is 11.6. The summed E-state index contributed by atoms with van der Waals surface area (Å²) in [6.45, 7) is 6.90. The van der Waals surface area contributed by atoms with Gasteiger partial charge in [0.05, 0.1) is 13.7 Å². The largest absolute Gasteiger partial charge is 0.293 e. The van der Waals surface area contributed by atoms with Crippen LogP contribution in [-0.4, -0.2) is 5.78 Å². The van der Waals surface area contributed by atoms with E-state index in [1.165, 1.54) is 24.2 Å². The number of carbonyl (C=O) groups is 1. The monoisotopic (exact) mass is 362 g/mol. The summed E-state index contributed by atoms with van der Waals surface area (Å²) < 4.78 is 0.862. The normalized spacial score (nSPS) is 24.5. The molecule has 0 amide bonds. The third kappa shape index (κ3) is 3.62. The number of hydrogen-bond donors (Lipinski definition) is 0. The summed E-state index contributed by atoms with van der Waals surface area (Å²) in [7, 11) is 0. The molecular weight excluding hydrogens is 344 g/mol. The predicted octanol–water partition coefficient (Wildman–Crippen LogP) is 6.20. The van der Waals surface area contributed by atoms with E-state index in [0.717, 1.165) is 27.4 Å². The van der Waals surface area contributed by atoms with Gasteiger partial charge in [0.15, 0.2) is 5.78 Å². The Morgan fingerprint density at radius 3 is 2.32 bits per heavy atom. The van der Waals surface area contributed by atoms with Crippen LogP contribution in [-0.2, 0) is 0 Å². The van der Waals surface area contributed by atoms with E-state index in [0.29, 0.717) is 10.4 Å². The molecular formula is C15H20BrClOS. The number of rotatable bonds is 2. The van der Waals surface area contributed by atoms with Crippen LogP contribution in [0.5, 0.6) is 0 Å². The minimum atomic E-state index is 0.195. The molecule has 1 aromatic heterocycles. The Morgan fingerprint density at radius 1 is 1.32 bits per heavy atom. The summed E-state index contributed by atoms with van der Waals surface area (Å²) in [5.41, 5.74) is 0.364. The Balaban J connectivity index is 2.00. The molecule has 19 heavy (non-hydrogen) atoms. The quantitative estimate of drug-likeness (QED) is 0.572. The first kappa shape index (κ1) is 15.5. The maximum Gasteiger partial charge on any atom is 0.175 e. The van der Waals surface area contributed by atoms with Crippen LogP contribution in [0.2, 0.25) is 5.02 Å². The molecule has 0 saturated heterocycles. The molecule has 1 saturated carbocycles. The van der Waals surface area contributed by atoms with Gasteiger partial charge >= 0.3 is 0 Å². The van der Waals surface area contributed by atoms with Crippen molar-refractivity contribution in [3.05, 3.63) is 19.8 Å².